The monoisotopic (exact) mass is 481 g/mol. The van der Waals surface area contributed by atoms with Gasteiger partial charge in [0.2, 0.25) is 17.8 Å². The minimum Gasteiger partial charge on any atom is -0.506 e. The summed E-state index contributed by atoms with van der Waals surface area (Å²) in [6.45, 7) is 4.62. The lowest BCUT2D eigenvalue weighted by molar-refractivity contribution is 0.122. The van der Waals surface area contributed by atoms with E-state index in [0.29, 0.717) is 46.1 Å². The van der Waals surface area contributed by atoms with Crippen LogP contribution in [0.25, 0.3) is 0 Å². The highest BCUT2D eigenvalue weighted by Gasteiger charge is 2.21. The van der Waals surface area contributed by atoms with Crippen molar-refractivity contribution in [3.05, 3.63) is 27.2 Å². The molecule has 2 aliphatic heterocycles. The number of ether oxygens (including phenoxy) is 1. The summed E-state index contributed by atoms with van der Waals surface area (Å²) in [6, 6.07) is 3.24. The van der Waals surface area contributed by atoms with Crippen LogP contribution in [0.15, 0.2) is 21.7 Å². The first-order valence-electron chi connectivity index (χ1n) is 9.41. The highest BCUT2D eigenvalue weighted by molar-refractivity contribution is 9.10. The highest BCUT2D eigenvalue weighted by atomic mass is 79.9. The van der Waals surface area contributed by atoms with E-state index in [2.05, 4.69) is 51.2 Å². The van der Waals surface area contributed by atoms with Crippen LogP contribution in [-0.2, 0) is 4.74 Å². The molecule has 2 saturated heterocycles. The van der Waals surface area contributed by atoms with Gasteiger partial charge in [0.1, 0.15) is 5.75 Å². The van der Waals surface area contributed by atoms with Crippen molar-refractivity contribution in [3.63, 3.8) is 0 Å². The van der Waals surface area contributed by atoms with Crippen molar-refractivity contribution in [2.75, 3.05) is 54.6 Å². The fourth-order valence-corrected chi connectivity index (χ4v) is 4.05. The summed E-state index contributed by atoms with van der Waals surface area (Å²) >= 11 is 9.30. The molecule has 2 fully saturated rings. The smallest absolute Gasteiger partial charge is 0.250 e. The van der Waals surface area contributed by atoms with Crippen LogP contribution in [0.3, 0.4) is 0 Å². The van der Waals surface area contributed by atoms with Gasteiger partial charge in [-0.25, -0.2) is 5.43 Å². The van der Waals surface area contributed by atoms with E-state index in [0.717, 1.165) is 39.0 Å². The Balaban J connectivity index is 1.57. The summed E-state index contributed by atoms with van der Waals surface area (Å²) in [5.74, 6) is 1.66. The zero-order chi connectivity index (χ0) is 20.2. The Kier molecular flexibility index (Phi) is 6.31. The lowest BCUT2D eigenvalue weighted by Crippen LogP contribution is -2.38. The Bertz CT molecular complexity index is 902. The van der Waals surface area contributed by atoms with E-state index in [1.165, 1.54) is 6.21 Å². The van der Waals surface area contributed by atoms with E-state index in [9.17, 15) is 5.11 Å². The maximum absolute atomic E-state index is 10.1. The molecule has 2 N–H and O–H groups in total. The van der Waals surface area contributed by atoms with Crippen LogP contribution in [-0.4, -0.2) is 65.7 Å². The van der Waals surface area contributed by atoms with Crippen LogP contribution in [0, 0.1) is 0 Å². The Morgan fingerprint density at radius 2 is 1.72 bits per heavy atom. The molecule has 0 spiro atoms. The Labute approximate surface area is 181 Å². The lowest BCUT2D eigenvalue weighted by atomic mass is 10.2. The molecule has 29 heavy (non-hydrogen) atoms. The van der Waals surface area contributed by atoms with E-state index < -0.39 is 0 Å². The van der Waals surface area contributed by atoms with Crippen LogP contribution >= 0.6 is 27.5 Å². The summed E-state index contributed by atoms with van der Waals surface area (Å²) in [4.78, 5) is 17.9. The van der Waals surface area contributed by atoms with Gasteiger partial charge in [-0.3, -0.25) is 0 Å². The quantitative estimate of drug-likeness (QED) is 0.496. The van der Waals surface area contributed by atoms with E-state index in [1.54, 1.807) is 12.1 Å². The second-order valence-corrected chi connectivity index (χ2v) is 8.04. The molecule has 2 aromatic rings. The van der Waals surface area contributed by atoms with E-state index in [-0.39, 0.29) is 5.75 Å². The highest BCUT2D eigenvalue weighted by Crippen LogP contribution is 2.30. The van der Waals surface area contributed by atoms with Gasteiger partial charge in [-0.05, 0) is 40.9 Å². The topological polar surface area (TPSA) is 99.0 Å². The molecule has 154 valence electrons. The number of hydrogen-bond donors (Lipinski definition) is 2. The number of hydrogen-bond acceptors (Lipinski definition) is 9. The first-order chi connectivity index (χ1) is 14.1. The molecule has 1 aromatic carbocycles. The largest absolute Gasteiger partial charge is 0.506 e. The summed E-state index contributed by atoms with van der Waals surface area (Å²) in [7, 11) is 0. The molecule has 0 amide bonds. The van der Waals surface area contributed by atoms with Gasteiger partial charge in [0.25, 0.3) is 0 Å². The van der Waals surface area contributed by atoms with Crippen LogP contribution in [0.1, 0.15) is 18.4 Å². The Morgan fingerprint density at radius 1 is 1.07 bits per heavy atom. The summed E-state index contributed by atoms with van der Waals surface area (Å²) in [6.07, 6.45) is 3.73. The van der Waals surface area contributed by atoms with Gasteiger partial charge in [0.15, 0.2) is 0 Å². The van der Waals surface area contributed by atoms with Crippen LogP contribution in [0.4, 0.5) is 17.8 Å². The number of aromatic nitrogens is 3. The zero-order valence-corrected chi connectivity index (χ0v) is 18.0. The van der Waals surface area contributed by atoms with Gasteiger partial charge in [-0.2, -0.15) is 20.1 Å². The van der Waals surface area contributed by atoms with E-state index in [1.807, 2.05) is 0 Å². The van der Waals surface area contributed by atoms with Gasteiger partial charge in [-0.15, -0.1) is 0 Å². The molecular formula is C18H21BrClN7O2. The number of phenolic OH excluding ortho intramolecular Hbond substituents is 1. The number of benzene rings is 1. The van der Waals surface area contributed by atoms with Crippen molar-refractivity contribution in [2.24, 2.45) is 5.10 Å². The first-order valence-corrected chi connectivity index (χ1v) is 10.6. The summed E-state index contributed by atoms with van der Waals surface area (Å²) in [5, 5.41) is 14.8. The molecule has 0 radical (unpaired) electrons. The van der Waals surface area contributed by atoms with Crippen molar-refractivity contribution in [1.29, 1.82) is 0 Å². The molecule has 0 aliphatic carbocycles. The second-order valence-electron chi connectivity index (χ2n) is 6.75. The van der Waals surface area contributed by atoms with Crippen molar-refractivity contribution in [1.82, 2.24) is 15.0 Å². The van der Waals surface area contributed by atoms with Crippen LogP contribution in [0.5, 0.6) is 5.75 Å². The summed E-state index contributed by atoms with van der Waals surface area (Å²) < 4.78 is 5.92. The average Bonchev–Trinajstić information content (AvgIpc) is 3.27. The number of morpholine rings is 1. The van der Waals surface area contributed by atoms with Crippen molar-refractivity contribution < 1.29 is 9.84 Å². The van der Waals surface area contributed by atoms with Crippen LogP contribution < -0.4 is 15.2 Å². The molecule has 4 rings (SSSR count). The first kappa shape index (κ1) is 20.1. The van der Waals surface area contributed by atoms with E-state index in [4.69, 9.17) is 16.3 Å². The average molecular weight is 483 g/mol. The molecule has 0 unspecified atom stereocenters. The second kappa shape index (κ2) is 9.10. The van der Waals surface area contributed by atoms with Gasteiger partial charge in [0.05, 0.1) is 23.9 Å². The van der Waals surface area contributed by atoms with Gasteiger partial charge in [0, 0.05) is 36.8 Å². The van der Waals surface area contributed by atoms with Crippen LogP contribution in [0.2, 0.25) is 5.02 Å². The Hall–Kier alpha value is -2.17. The lowest BCUT2D eigenvalue weighted by Gasteiger charge is -2.27. The fourth-order valence-electron chi connectivity index (χ4n) is 3.21. The summed E-state index contributed by atoms with van der Waals surface area (Å²) in [5.41, 5.74) is 3.33. The maximum Gasteiger partial charge on any atom is 0.250 e. The van der Waals surface area contributed by atoms with Gasteiger partial charge < -0.3 is 19.6 Å². The number of aromatic hydroxyl groups is 1. The molecule has 0 saturated carbocycles. The standard InChI is InChI=1S/C18H21BrClN7O2/c19-14-10-13(20)9-12(15(14)28)11-21-25-16-22-17(26-3-1-2-4-26)24-18(23-16)27-5-7-29-8-6-27/h9-11,28H,1-8H2,(H,22,23,24,25)/b21-11-. The van der Waals surface area contributed by atoms with Crippen molar-refractivity contribution in [3.8, 4) is 5.75 Å². The zero-order valence-electron chi connectivity index (χ0n) is 15.7. The number of nitrogens with one attached hydrogen (secondary N) is 1. The van der Waals surface area contributed by atoms with Gasteiger partial charge >= 0.3 is 0 Å². The fraction of sp³-hybridized carbons (Fsp3) is 0.444. The SMILES string of the molecule is Oc1c(Br)cc(Cl)cc1/C=N\Nc1nc(N2CCCC2)nc(N2CCOCC2)n1. The molecule has 1 aromatic heterocycles. The molecular weight excluding hydrogens is 462 g/mol. The number of hydrazone groups is 1. The molecule has 0 bridgehead atoms. The third kappa shape index (κ3) is 4.88. The van der Waals surface area contributed by atoms with Crippen molar-refractivity contribution in [2.45, 2.75) is 12.8 Å². The molecule has 3 heterocycles. The number of nitrogens with zero attached hydrogens (tertiary/aromatic N) is 6. The minimum atomic E-state index is 0.0577. The number of halogens is 2. The number of rotatable bonds is 5. The number of phenols is 1. The maximum atomic E-state index is 10.1. The third-order valence-electron chi connectivity index (χ3n) is 4.72. The normalized spacial score (nSPS) is 17.3. The minimum absolute atomic E-state index is 0.0577. The molecule has 9 nitrogen and oxygen atoms in total. The third-order valence-corrected chi connectivity index (χ3v) is 5.54. The van der Waals surface area contributed by atoms with E-state index >= 15 is 0 Å². The molecule has 11 heteroatoms. The number of anilines is 3. The van der Waals surface area contributed by atoms with Gasteiger partial charge in [-0.1, -0.05) is 11.6 Å². The predicted octanol–water partition coefficient (Wildman–Crippen LogP) is 2.88. The molecule has 0 atom stereocenters. The predicted molar refractivity (Wildman–Crippen MR) is 116 cm³/mol. The molecule has 2 aliphatic rings. The Morgan fingerprint density at radius 3 is 2.41 bits per heavy atom. The van der Waals surface area contributed by atoms with Crippen molar-refractivity contribution >= 4 is 51.6 Å².